The summed E-state index contributed by atoms with van der Waals surface area (Å²) >= 11 is 0. The Balaban J connectivity index is 1.95. The molecular formula is C20H27N3O2. The molecule has 1 fully saturated rings. The number of nitrogens with zero attached hydrogens (tertiary/aromatic N) is 3. The molecule has 1 saturated heterocycles. The van der Waals surface area contributed by atoms with E-state index < -0.39 is 0 Å². The van der Waals surface area contributed by atoms with Crippen LogP contribution in [-0.4, -0.2) is 61.0 Å². The third-order valence-corrected chi connectivity index (χ3v) is 4.91. The Morgan fingerprint density at radius 3 is 2.84 bits per heavy atom. The number of piperidine rings is 1. The Bertz CT molecular complexity index is 773. The number of carbonyl (C=O) groups is 1. The molecule has 1 aromatic carbocycles. The first-order chi connectivity index (χ1) is 12.0. The van der Waals surface area contributed by atoms with Crippen LogP contribution in [-0.2, 0) is 0 Å². The summed E-state index contributed by atoms with van der Waals surface area (Å²) in [6.07, 6.45) is 3.33. The fourth-order valence-corrected chi connectivity index (χ4v) is 3.63. The predicted molar refractivity (Wildman–Crippen MR) is 100 cm³/mol. The van der Waals surface area contributed by atoms with Gasteiger partial charge in [-0.25, -0.2) is 0 Å². The van der Waals surface area contributed by atoms with E-state index in [0.29, 0.717) is 5.56 Å². The highest BCUT2D eigenvalue weighted by atomic mass is 16.5. The van der Waals surface area contributed by atoms with E-state index in [2.05, 4.69) is 24.0 Å². The van der Waals surface area contributed by atoms with Gasteiger partial charge >= 0.3 is 0 Å². The van der Waals surface area contributed by atoms with Crippen molar-refractivity contribution in [2.45, 2.75) is 32.2 Å². The second kappa shape index (κ2) is 7.40. The Morgan fingerprint density at radius 1 is 1.32 bits per heavy atom. The molecule has 1 atom stereocenters. The molecular weight excluding hydrogens is 314 g/mol. The van der Waals surface area contributed by atoms with Crippen molar-refractivity contribution in [2.24, 2.45) is 0 Å². The van der Waals surface area contributed by atoms with Crippen LogP contribution < -0.4 is 4.74 Å². The van der Waals surface area contributed by atoms with Gasteiger partial charge in [0.15, 0.2) is 0 Å². The van der Waals surface area contributed by atoms with Gasteiger partial charge in [0.2, 0.25) is 0 Å². The number of likely N-dealkylation sites (N-methyl/N-ethyl adjacent to an activating group) is 1. The smallest absolute Gasteiger partial charge is 0.256 e. The third kappa shape index (κ3) is 3.76. The van der Waals surface area contributed by atoms with Crippen molar-refractivity contribution in [3.8, 4) is 5.75 Å². The normalized spacial score (nSPS) is 18.0. The van der Waals surface area contributed by atoms with Crippen molar-refractivity contribution in [1.29, 1.82) is 0 Å². The summed E-state index contributed by atoms with van der Waals surface area (Å²) in [5.41, 5.74) is 2.38. The monoisotopic (exact) mass is 341 g/mol. The van der Waals surface area contributed by atoms with E-state index >= 15 is 0 Å². The number of hydrogen-bond acceptors (Lipinski definition) is 4. The molecule has 0 saturated carbocycles. The number of rotatable bonds is 4. The summed E-state index contributed by atoms with van der Waals surface area (Å²) in [4.78, 5) is 22.1. The van der Waals surface area contributed by atoms with Crippen molar-refractivity contribution in [3.63, 3.8) is 0 Å². The third-order valence-electron chi connectivity index (χ3n) is 4.91. The summed E-state index contributed by atoms with van der Waals surface area (Å²) in [5, 5.41) is 0.939. The molecule has 25 heavy (non-hydrogen) atoms. The molecule has 0 N–H and O–H groups in total. The first kappa shape index (κ1) is 17.7. The molecule has 1 amide bonds. The quantitative estimate of drug-likeness (QED) is 0.857. The van der Waals surface area contributed by atoms with Crippen LogP contribution in [0.15, 0.2) is 24.3 Å². The maximum absolute atomic E-state index is 13.2. The first-order valence-electron chi connectivity index (χ1n) is 8.90. The Hall–Kier alpha value is -2.14. The molecule has 0 aliphatic carbocycles. The topological polar surface area (TPSA) is 45.7 Å². The van der Waals surface area contributed by atoms with Crippen LogP contribution in [0, 0.1) is 6.92 Å². The Morgan fingerprint density at radius 2 is 2.12 bits per heavy atom. The minimum Gasteiger partial charge on any atom is -0.497 e. The van der Waals surface area contributed by atoms with Crippen molar-refractivity contribution in [1.82, 2.24) is 14.8 Å². The summed E-state index contributed by atoms with van der Waals surface area (Å²) in [6, 6.07) is 8.01. The maximum Gasteiger partial charge on any atom is 0.256 e. The summed E-state index contributed by atoms with van der Waals surface area (Å²) < 4.78 is 5.30. The van der Waals surface area contributed by atoms with E-state index in [4.69, 9.17) is 4.74 Å². The molecule has 5 nitrogen and oxygen atoms in total. The van der Waals surface area contributed by atoms with Crippen LogP contribution in [0.5, 0.6) is 5.75 Å². The van der Waals surface area contributed by atoms with Gasteiger partial charge in [-0.3, -0.25) is 9.78 Å². The second-order valence-corrected chi connectivity index (χ2v) is 7.09. The number of hydrogen-bond donors (Lipinski definition) is 0. The highest BCUT2D eigenvalue weighted by molar-refractivity contribution is 5.99. The molecule has 1 aliphatic heterocycles. The van der Waals surface area contributed by atoms with Crippen LogP contribution in [0.3, 0.4) is 0 Å². The summed E-state index contributed by atoms with van der Waals surface area (Å²) in [5.74, 6) is 0.876. The SMILES string of the molecule is COc1ccc2nc(C)c(C(=O)N3CCCCC3CN(C)C)cc2c1. The molecule has 1 aliphatic rings. The number of amides is 1. The van der Waals surface area contributed by atoms with Crippen LogP contribution in [0.1, 0.15) is 35.3 Å². The number of fused-ring (bicyclic) bond motifs is 1. The van der Waals surface area contributed by atoms with Gasteiger partial charge in [-0.15, -0.1) is 0 Å². The number of benzene rings is 1. The van der Waals surface area contributed by atoms with Crippen molar-refractivity contribution < 1.29 is 9.53 Å². The van der Waals surface area contributed by atoms with Gasteiger partial charge < -0.3 is 14.5 Å². The first-order valence-corrected chi connectivity index (χ1v) is 8.90. The van der Waals surface area contributed by atoms with Crippen LogP contribution in [0.2, 0.25) is 0 Å². The lowest BCUT2D eigenvalue weighted by atomic mass is 9.99. The summed E-state index contributed by atoms with van der Waals surface area (Å²) in [6.45, 7) is 3.65. The zero-order chi connectivity index (χ0) is 18.0. The Labute approximate surface area is 149 Å². The van der Waals surface area contributed by atoms with E-state index in [1.807, 2.05) is 36.1 Å². The second-order valence-electron chi connectivity index (χ2n) is 7.09. The fraction of sp³-hybridized carbons (Fsp3) is 0.500. The number of methoxy groups -OCH3 is 1. The van der Waals surface area contributed by atoms with Gasteiger partial charge in [0, 0.05) is 24.5 Å². The number of aryl methyl sites for hydroxylation is 1. The number of likely N-dealkylation sites (tertiary alicyclic amines) is 1. The molecule has 0 spiro atoms. The highest BCUT2D eigenvalue weighted by Gasteiger charge is 2.29. The summed E-state index contributed by atoms with van der Waals surface area (Å²) in [7, 11) is 5.77. The van der Waals surface area contributed by atoms with Crippen molar-refractivity contribution in [3.05, 3.63) is 35.5 Å². The number of carbonyl (C=O) groups excluding carboxylic acids is 1. The molecule has 3 rings (SSSR count). The minimum absolute atomic E-state index is 0.0984. The lowest BCUT2D eigenvalue weighted by Crippen LogP contribution is -2.48. The lowest BCUT2D eigenvalue weighted by molar-refractivity contribution is 0.0573. The van der Waals surface area contributed by atoms with Gasteiger partial charge in [-0.2, -0.15) is 0 Å². The largest absolute Gasteiger partial charge is 0.497 e. The number of pyridine rings is 1. The molecule has 5 heteroatoms. The van der Waals surface area contributed by atoms with E-state index in [1.54, 1.807) is 7.11 Å². The zero-order valence-electron chi connectivity index (χ0n) is 15.6. The van der Waals surface area contributed by atoms with Crippen LogP contribution in [0.25, 0.3) is 10.9 Å². The average Bonchev–Trinajstić information content (AvgIpc) is 2.60. The van der Waals surface area contributed by atoms with Crippen molar-refractivity contribution >= 4 is 16.8 Å². The molecule has 1 unspecified atom stereocenters. The van der Waals surface area contributed by atoms with E-state index in [1.165, 1.54) is 6.42 Å². The van der Waals surface area contributed by atoms with Gasteiger partial charge in [-0.05, 0) is 64.5 Å². The van der Waals surface area contributed by atoms with Crippen molar-refractivity contribution in [2.75, 3.05) is 34.3 Å². The highest BCUT2D eigenvalue weighted by Crippen LogP contribution is 2.25. The molecule has 0 radical (unpaired) electrons. The number of ether oxygens (including phenoxy) is 1. The van der Waals surface area contributed by atoms with Crippen LogP contribution >= 0.6 is 0 Å². The predicted octanol–water partition coefficient (Wildman–Crippen LogP) is 3.11. The molecule has 2 heterocycles. The van der Waals surface area contributed by atoms with Gasteiger partial charge in [0.05, 0.1) is 23.9 Å². The van der Waals surface area contributed by atoms with E-state index in [0.717, 1.165) is 48.3 Å². The average molecular weight is 341 g/mol. The molecule has 134 valence electrons. The maximum atomic E-state index is 13.2. The minimum atomic E-state index is 0.0984. The van der Waals surface area contributed by atoms with Gasteiger partial charge in [0.1, 0.15) is 5.75 Å². The zero-order valence-corrected chi connectivity index (χ0v) is 15.6. The Kier molecular flexibility index (Phi) is 5.23. The molecule has 0 bridgehead atoms. The fourth-order valence-electron chi connectivity index (χ4n) is 3.63. The number of aromatic nitrogens is 1. The van der Waals surface area contributed by atoms with Gasteiger partial charge in [0.25, 0.3) is 5.91 Å². The lowest BCUT2D eigenvalue weighted by Gasteiger charge is -2.37. The molecule has 1 aromatic heterocycles. The van der Waals surface area contributed by atoms with Gasteiger partial charge in [-0.1, -0.05) is 0 Å². The molecule has 2 aromatic rings. The van der Waals surface area contributed by atoms with E-state index in [9.17, 15) is 4.79 Å². The van der Waals surface area contributed by atoms with E-state index in [-0.39, 0.29) is 11.9 Å². The van der Waals surface area contributed by atoms with Crippen LogP contribution in [0.4, 0.5) is 0 Å². The standard InChI is InChI=1S/C20H27N3O2/c1-14-18(12-15-11-17(25-4)8-9-19(15)21-14)20(24)23-10-6-5-7-16(23)13-22(2)3/h8-9,11-12,16H,5-7,10,13H2,1-4H3.